The largest absolute Gasteiger partial charge is 0.379 e. The van der Waals surface area contributed by atoms with Gasteiger partial charge in [0.1, 0.15) is 0 Å². The summed E-state index contributed by atoms with van der Waals surface area (Å²) in [4.78, 5) is 13.9. The highest BCUT2D eigenvalue weighted by Gasteiger charge is 2.13. The zero-order valence-corrected chi connectivity index (χ0v) is 11.6. The van der Waals surface area contributed by atoms with Crippen LogP contribution in [0.1, 0.15) is 0 Å². The van der Waals surface area contributed by atoms with Crippen LogP contribution in [-0.2, 0) is 9.53 Å². The molecule has 1 aromatic rings. The molecule has 1 fully saturated rings. The van der Waals surface area contributed by atoms with Crippen LogP contribution in [0.4, 0.5) is 5.69 Å². The van der Waals surface area contributed by atoms with Crippen LogP contribution in [0.3, 0.4) is 0 Å². The van der Waals surface area contributed by atoms with Gasteiger partial charge in [-0.3, -0.25) is 9.69 Å². The Kier molecular flexibility index (Phi) is 4.75. The van der Waals surface area contributed by atoms with Crippen molar-refractivity contribution in [3.05, 3.63) is 27.8 Å². The van der Waals surface area contributed by atoms with Gasteiger partial charge in [0.15, 0.2) is 0 Å². The summed E-state index contributed by atoms with van der Waals surface area (Å²) in [6, 6.07) is 7.79. The third-order valence-corrected chi connectivity index (χ3v) is 3.25. The SMILES string of the molecule is O=C(CN1CCOCC1)Nc1cccc(I)c1. The molecule has 0 bridgehead atoms. The molecule has 0 unspecified atom stereocenters. The van der Waals surface area contributed by atoms with Gasteiger partial charge in [0.05, 0.1) is 19.8 Å². The Bertz CT molecular complexity index is 392. The molecule has 0 atom stereocenters. The van der Waals surface area contributed by atoms with E-state index in [4.69, 9.17) is 4.74 Å². The predicted molar refractivity (Wildman–Crippen MR) is 75.0 cm³/mol. The van der Waals surface area contributed by atoms with E-state index < -0.39 is 0 Å². The minimum absolute atomic E-state index is 0.0360. The first-order chi connectivity index (χ1) is 8.24. The first-order valence-electron chi connectivity index (χ1n) is 5.59. The Morgan fingerprint density at radius 3 is 2.88 bits per heavy atom. The lowest BCUT2D eigenvalue weighted by Gasteiger charge is -2.25. The first-order valence-corrected chi connectivity index (χ1v) is 6.67. The fourth-order valence-corrected chi connectivity index (χ4v) is 2.27. The van der Waals surface area contributed by atoms with Gasteiger partial charge in [-0.1, -0.05) is 6.07 Å². The molecule has 1 amide bonds. The van der Waals surface area contributed by atoms with E-state index in [9.17, 15) is 4.79 Å². The van der Waals surface area contributed by atoms with Gasteiger partial charge < -0.3 is 10.1 Å². The van der Waals surface area contributed by atoms with Crippen LogP contribution < -0.4 is 5.32 Å². The minimum atomic E-state index is 0.0360. The van der Waals surface area contributed by atoms with Crippen LogP contribution in [0.5, 0.6) is 0 Å². The summed E-state index contributed by atoms with van der Waals surface area (Å²) in [5.74, 6) is 0.0360. The molecular weight excluding hydrogens is 331 g/mol. The molecule has 1 aromatic carbocycles. The molecule has 0 aromatic heterocycles. The zero-order chi connectivity index (χ0) is 12.1. The van der Waals surface area contributed by atoms with Crippen LogP contribution >= 0.6 is 22.6 Å². The fraction of sp³-hybridized carbons (Fsp3) is 0.417. The normalized spacial score (nSPS) is 16.8. The standard InChI is InChI=1S/C12H15IN2O2/c13-10-2-1-3-11(8-10)14-12(16)9-15-4-6-17-7-5-15/h1-3,8H,4-7,9H2,(H,14,16). The molecule has 0 aliphatic carbocycles. The van der Waals surface area contributed by atoms with Crippen molar-refractivity contribution in [1.82, 2.24) is 4.90 Å². The van der Waals surface area contributed by atoms with Crippen LogP contribution in [0.25, 0.3) is 0 Å². The summed E-state index contributed by atoms with van der Waals surface area (Å²) in [6.07, 6.45) is 0. The van der Waals surface area contributed by atoms with Gasteiger partial charge in [0.25, 0.3) is 0 Å². The molecule has 0 spiro atoms. The third kappa shape index (κ3) is 4.25. The average molecular weight is 346 g/mol. The smallest absolute Gasteiger partial charge is 0.238 e. The van der Waals surface area contributed by atoms with Crippen LogP contribution in [-0.4, -0.2) is 43.7 Å². The van der Waals surface area contributed by atoms with E-state index in [1.54, 1.807) is 0 Å². The van der Waals surface area contributed by atoms with E-state index in [0.717, 1.165) is 35.6 Å². The lowest BCUT2D eigenvalue weighted by Crippen LogP contribution is -2.41. The van der Waals surface area contributed by atoms with E-state index >= 15 is 0 Å². The number of amides is 1. The second-order valence-electron chi connectivity index (χ2n) is 3.95. The number of ether oxygens (including phenoxy) is 1. The number of benzene rings is 1. The highest BCUT2D eigenvalue weighted by atomic mass is 127. The Morgan fingerprint density at radius 2 is 2.18 bits per heavy atom. The topological polar surface area (TPSA) is 41.6 Å². The molecule has 1 aliphatic rings. The molecule has 4 nitrogen and oxygen atoms in total. The number of nitrogens with one attached hydrogen (secondary N) is 1. The van der Waals surface area contributed by atoms with Crippen LogP contribution in [0.2, 0.25) is 0 Å². The number of carbonyl (C=O) groups excluding carboxylic acids is 1. The van der Waals surface area contributed by atoms with Gasteiger partial charge in [-0.2, -0.15) is 0 Å². The quantitative estimate of drug-likeness (QED) is 0.845. The maximum absolute atomic E-state index is 11.8. The number of rotatable bonds is 3. The van der Waals surface area contributed by atoms with Crippen molar-refractivity contribution in [3.63, 3.8) is 0 Å². The summed E-state index contributed by atoms with van der Waals surface area (Å²) in [5, 5.41) is 2.90. The monoisotopic (exact) mass is 346 g/mol. The molecule has 0 saturated carbocycles. The molecular formula is C12H15IN2O2. The Labute approximate surface area is 114 Å². The third-order valence-electron chi connectivity index (χ3n) is 2.58. The van der Waals surface area contributed by atoms with E-state index in [-0.39, 0.29) is 5.91 Å². The molecule has 1 N–H and O–H groups in total. The van der Waals surface area contributed by atoms with Crippen LogP contribution in [0.15, 0.2) is 24.3 Å². The van der Waals surface area contributed by atoms with Gasteiger partial charge in [0.2, 0.25) is 5.91 Å². The molecule has 17 heavy (non-hydrogen) atoms. The summed E-state index contributed by atoms with van der Waals surface area (Å²) >= 11 is 2.23. The van der Waals surface area contributed by atoms with Gasteiger partial charge in [0, 0.05) is 22.3 Å². The van der Waals surface area contributed by atoms with E-state index in [1.807, 2.05) is 24.3 Å². The highest BCUT2D eigenvalue weighted by Crippen LogP contribution is 2.12. The number of hydrogen-bond acceptors (Lipinski definition) is 3. The molecule has 1 saturated heterocycles. The van der Waals surface area contributed by atoms with Crippen molar-refractivity contribution < 1.29 is 9.53 Å². The lowest BCUT2D eigenvalue weighted by atomic mass is 10.3. The summed E-state index contributed by atoms with van der Waals surface area (Å²) in [6.45, 7) is 3.54. The van der Waals surface area contributed by atoms with Gasteiger partial charge >= 0.3 is 0 Å². The van der Waals surface area contributed by atoms with Gasteiger partial charge in [-0.25, -0.2) is 0 Å². The summed E-state index contributed by atoms with van der Waals surface area (Å²) in [7, 11) is 0. The maximum atomic E-state index is 11.8. The Hall–Kier alpha value is -0.660. The number of morpholine rings is 1. The Morgan fingerprint density at radius 1 is 1.41 bits per heavy atom. The number of anilines is 1. The number of halogens is 1. The van der Waals surface area contributed by atoms with Crippen molar-refractivity contribution >= 4 is 34.2 Å². The fourth-order valence-electron chi connectivity index (χ4n) is 1.73. The molecule has 2 rings (SSSR count). The van der Waals surface area contributed by atoms with Gasteiger partial charge in [-0.05, 0) is 40.8 Å². The van der Waals surface area contributed by atoms with E-state index in [0.29, 0.717) is 6.54 Å². The van der Waals surface area contributed by atoms with Gasteiger partial charge in [-0.15, -0.1) is 0 Å². The Balaban J connectivity index is 1.84. The highest BCUT2D eigenvalue weighted by molar-refractivity contribution is 14.1. The van der Waals surface area contributed by atoms with Crippen molar-refractivity contribution in [2.75, 3.05) is 38.2 Å². The van der Waals surface area contributed by atoms with Crippen molar-refractivity contribution in [1.29, 1.82) is 0 Å². The molecule has 5 heteroatoms. The number of nitrogens with zero attached hydrogens (tertiary/aromatic N) is 1. The predicted octanol–water partition coefficient (Wildman–Crippen LogP) is 1.56. The minimum Gasteiger partial charge on any atom is -0.379 e. The maximum Gasteiger partial charge on any atom is 0.238 e. The zero-order valence-electron chi connectivity index (χ0n) is 9.49. The summed E-state index contributed by atoms with van der Waals surface area (Å²) < 4.78 is 6.36. The average Bonchev–Trinajstić information content (AvgIpc) is 2.30. The van der Waals surface area contributed by atoms with Crippen molar-refractivity contribution in [3.8, 4) is 0 Å². The lowest BCUT2D eigenvalue weighted by molar-refractivity contribution is -0.118. The van der Waals surface area contributed by atoms with E-state index in [2.05, 4.69) is 32.8 Å². The molecule has 1 heterocycles. The number of hydrogen-bond donors (Lipinski definition) is 1. The summed E-state index contributed by atoms with van der Waals surface area (Å²) in [5.41, 5.74) is 0.857. The molecule has 0 radical (unpaired) electrons. The van der Waals surface area contributed by atoms with E-state index in [1.165, 1.54) is 0 Å². The van der Waals surface area contributed by atoms with Crippen molar-refractivity contribution in [2.24, 2.45) is 0 Å². The molecule has 92 valence electrons. The van der Waals surface area contributed by atoms with Crippen LogP contribution in [0, 0.1) is 3.57 Å². The molecule has 1 aliphatic heterocycles. The first kappa shape index (κ1) is 12.8. The second-order valence-corrected chi connectivity index (χ2v) is 5.19. The van der Waals surface area contributed by atoms with Crippen molar-refractivity contribution in [2.45, 2.75) is 0 Å². The second kappa shape index (κ2) is 6.32. The number of carbonyl (C=O) groups is 1.